The van der Waals surface area contributed by atoms with Crippen molar-refractivity contribution in [1.82, 2.24) is 5.32 Å². The maximum Gasteiger partial charge on any atom is 0.225 e. The molecule has 1 rings (SSSR count). The molecule has 88 valence electrons. The van der Waals surface area contributed by atoms with Crippen molar-refractivity contribution < 1.29 is 10.0 Å². The molecule has 0 fully saturated rings. The van der Waals surface area contributed by atoms with E-state index >= 15 is 0 Å². The van der Waals surface area contributed by atoms with E-state index in [-0.39, 0.29) is 17.7 Å². The third-order valence-corrected chi connectivity index (χ3v) is 3.02. The number of hydrogen-bond donors (Lipinski definition) is 3. The number of nitrogens with two attached hydrogens (primary N) is 1. The molecule has 0 spiro atoms. The van der Waals surface area contributed by atoms with E-state index in [4.69, 9.17) is 10.9 Å². The summed E-state index contributed by atoms with van der Waals surface area (Å²) < 4.78 is 0. The van der Waals surface area contributed by atoms with E-state index in [9.17, 15) is 4.79 Å². The highest BCUT2D eigenvalue weighted by Crippen LogP contribution is 2.08. The minimum Gasteiger partial charge on any atom is -0.409 e. The van der Waals surface area contributed by atoms with E-state index < -0.39 is 0 Å². The fourth-order valence-corrected chi connectivity index (χ4v) is 1.81. The lowest BCUT2D eigenvalue weighted by atomic mass is 10.1. The molecule has 1 aromatic rings. The van der Waals surface area contributed by atoms with Crippen LogP contribution in [0.1, 0.15) is 11.8 Å². The predicted molar refractivity (Wildman–Crippen MR) is 63.6 cm³/mol. The van der Waals surface area contributed by atoms with Crippen LogP contribution in [0.3, 0.4) is 0 Å². The molecule has 1 unspecified atom stereocenters. The van der Waals surface area contributed by atoms with Gasteiger partial charge in [-0.1, -0.05) is 18.1 Å². The smallest absolute Gasteiger partial charge is 0.225 e. The van der Waals surface area contributed by atoms with Crippen molar-refractivity contribution in [3.63, 3.8) is 0 Å². The standard InChI is InChI=1S/C10H15N3O2S/c1-7(10(11)13-15)6-12-9(14)5-8-3-2-4-16-8/h2-4,7,15H,5-6H2,1H3,(H2,11,13)(H,12,14). The number of amides is 1. The topological polar surface area (TPSA) is 87.7 Å². The summed E-state index contributed by atoms with van der Waals surface area (Å²) in [5, 5.41) is 16.0. The van der Waals surface area contributed by atoms with Crippen molar-refractivity contribution in [2.75, 3.05) is 6.54 Å². The number of carbonyl (C=O) groups excluding carboxylic acids is 1. The van der Waals surface area contributed by atoms with Crippen LogP contribution in [0.15, 0.2) is 22.7 Å². The number of carbonyl (C=O) groups is 1. The van der Waals surface area contributed by atoms with Crippen LogP contribution < -0.4 is 11.1 Å². The van der Waals surface area contributed by atoms with Crippen LogP contribution in [-0.4, -0.2) is 23.5 Å². The highest BCUT2D eigenvalue weighted by molar-refractivity contribution is 7.10. The van der Waals surface area contributed by atoms with Crippen LogP contribution in [0.2, 0.25) is 0 Å². The number of nitrogens with one attached hydrogen (secondary N) is 1. The molecule has 1 aromatic heterocycles. The van der Waals surface area contributed by atoms with Gasteiger partial charge in [-0.15, -0.1) is 11.3 Å². The number of amidine groups is 1. The Bertz CT molecular complexity index is 362. The van der Waals surface area contributed by atoms with E-state index in [1.54, 1.807) is 18.3 Å². The normalized spacial score (nSPS) is 13.4. The molecule has 4 N–H and O–H groups in total. The molecule has 0 aliphatic heterocycles. The summed E-state index contributed by atoms with van der Waals surface area (Å²) in [6.07, 6.45) is 0.376. The zero-order chi connectivity index (χ0) is 12.0. The molecule has 0 radical (unpaired) electrons. The van der Waals surface area contributed by atoms with Crippen molar-refractivity contribution in [1.29, 1.82) is 0 Å². The average molecular weight is 241 g/mol. The summed E-state index contributed by atoms with van der Waals surface area (Å²) in [5.41, 5.74) is 5.39. The number of hydrogen-bond acceptors (Lipinski definition) is 4. The Hall–Kier alpha value is -1.56. The van der Waals surface area contributed by atoms with Gasteiger partial charge in [-0.05, 0) is 11.4 Å². The van der Waals surface area contributed by atoms with Gasteiger partial charge in [0.05, 0.1) is 6.42 Å². The Balaban J connectivity index is 2.30. The quantitative estimate of drug-likeness (QED) is 0.308. The molecule has 0 aromatic carbocycles. The molecule has 16 heavy (non-hydrogen) atoms. The molecule has 0 aliphatic carbocycles. The first kappa shape index (κ1) is 12.5. The van der Waals surface area contributed by atoms with E-state index in [2.05, 4.69) is 10.5 Å². The van der Waals surface area contributed by atoms with Gasteiger partial charge in [0.2, 0.25) is 5.91 Å². The van der Waals surface area contributed by atoms with E-state index in [0.717, 1.165) is 4.88 Å². The fraction of sp³-hybridized carbons (Fsp3) is 0.400. The second kappa shape index (κ2) is 6.12. The van der Waals surface area contributed by atoms with Gasteiger partial charge in [0.15, 0.2) is 0 Å². The van der Waals surface area contributed by atoms with Gasteiger partial charge in [-0.25, -0.2) is 0 Å². The molecule has 6 heteroatoms. The number of nitrogens with zero attached hydrogens (tertiary/aromatic N) is 1. The Labute approximate surface area is 98.0 Å². The van der Waals surface area contributed by atoms with E-state index in [0.29, 0.717) is 13.0 Å². The van der Waals surface area contributed by atoms with Gasteiger partial charge < -0.3 is 16.3 Å². The lowest BCUT2D eigenvalue weighted by molar-refractivity contribution is -0.120. The van der Waals surface area contributed by atoms with Gasteiger partial charge in [0.1, 0.15) is 5.84 Å². The number of thiophene rings is 1. The van der Waals surface area contributed by atoms with Crippen LogP contribution in [-0.2, 0) is 11.2 Å². The van der Waals surface area contributed by atoms with E-state index in [1.807, 2.05) is 17.5 Å². The molecule has 1 atom stereocenters. The largest absolute Gasteiger partial charge is 0.409 e. The summed E-state index contributed by atoms with van der Waals surface area (Å²) >= 11 is 1.55. The number of oxime groups is 1. The number of rotatable bonds is 5. The van der Waals surface area contributed by atoms with Gasteiger partial charge in [-0.2, -0.15) is 0 Å². The van der Waals surface area contributed by atoms with Crippen molar-refractivity contribution >= 4 is 23.1 Å². The molecular formula is C10H15N3O2S. The van der Waals surface area contributed by atoms with E-state index in [1.165, 1.54) is 0 Å². The zero-order valence-corrected chi connectivity index (χ0v) is 9.83. The molecular weight excluding hydrogens is 226 g/mol. The van der Waals surface area contributed by atoms with Crippen LogP contribution in [0.4, 0.5) is 0 Å². The monoisotopic (exact) mass is 241 g/mol. The SMILES string of the molecule is CC(CNC(=O)Cc1cccs1)C(N)=NO. The Morgan fingerprint density at radius 3 is 3.06 bits per heavy atom. The fourth-order valence-electron chi connectivity index (χ4n) is 1.10. The summed E-state index contributed by atoms with van der Waals surface area (Å²) in [6, 6.07) is 3.82. The molecule has 1 heterocycles. The van der Waals surface area contributed by atoms with Crippen molar-refractivity contribution in [3.8, 4) is 0 Å². The molecule has 1 amide bonds. The maximum absolute atomic E-state index is 11.5. The van der Waals surface area contributed by atoms with Gasteiger partial charge in [0.25, 0.3) is 0 Å². The predicted octanol–water partition coefficient (Wildman–Crippen LogP) is 0.789. The second-order valence-corrected chi connectivity index (χ2v) is 4.52. The Morgan fingerprint density at radius 2 is 2.50 bits per heavy atom. The molecule has 0 saturated carbocycles. The third-order valence-electron chi connectivity index (χ3n) is 2.14. The lowest BCUT2D eigenvalue weighted by Crippen LogP contribution is -2.35. The average Bonchev–Trinajstić information content (AvgIpc) is 2.77. The maximum atomic E-state index is 11.5. The first-order valence-electron chi connectivity index (χ1n) is 4.90. The summed E-state index contributed by atoms with van der Waals surface area (Å²) in [5.74, 6) is -0.103. The zero-order valence-electron chi connectivity index (χ0n) is 9.01. The van der Waals surface area contributed by atoms with Crippen LogP contribution in [0.5, 0.6) is 0 Å². The molecule has 0 saturated heterocycles. The lowest BCUT2D eigenvalue weighted by Gasteiger charge is -2.10. The summed E-state index contributed by atoms with van der Waals surface area (Å²) in [6.45, 7) is 2.15. The minimum atomic E-state index is -0.169. The Morgan fingerprint density at radius 1 is 1.75 bits per heavy atom. The first-order chi connectivity index (χ1) is 7.63. The van der Waals surface area contributed by atoms with Crippen LogP contribution in [0, 0.1) is 5.92 Å². The minimum absolute atomic E-state index is 0.0555. The highest BCUT2D eigenvalue weighted by atomic mass is 32.1. The van der Waals surface area contributed by atoms with Crippen molar-refractivity contribution in [2.45, 2.75) is 13.3 Å². The van der Waals surface area contributed by atoms with Crippen molar-refractivity contribution in [3.05, 3.63) is 22.4 Å². The van der Waals surface area contributed by atoms with Gasteiger partial charge >= 0.3 is 0 Å². The second-order valence-electron chi connectivity index (χ2n) is 3.49. The summed E-state index contributed by atoms with van der Waals surface area (Å²) in [4.78, 5) is 12.5. The molecule has 0 aliphatic rings. The third kappa shape index (κ3) is 3.90. The highest BCUT2D eigenvalue weighted by Gasteiger charge is 2.10. The molecule has 5 nitrogen and oxygen atoms in total. The summed E-state index contributed by atoms with van der Waals surface area (Å²) in [7, 11) is 0. The van der Waals surface area contributed by atoms with Crippen LogP contribution >= 0.6 is 11.3 Å². The Kier molecular flexibility index (Phi) is 4.78. The van der Waals surface area contributed by atoms with Crippen molar-refractivity contribution in [2.24, 2.45) is 16.8 Å². The van der Waals surface area contributed by atoms with Gasteiger partial charge in [-0.3, -0.25) is 4.79 Å². The van der Waals surface area contributed by atoms with Gasteiger partial charge in [0, 0.05) is 17.3 Å². The molecule has 0 bridgehead atoms. The first-order valence-corrected chi connectivity index (χ1v) is 5.78. The van der Waals surface area contributed by atoms with Crippen LogP contribution in [0.25, 0.3) is 0 Å².